The van der Waals surface area contributed by atoms with Crippen LogP contribution >= 0.6 is 15.9 Å². The molecule has 0 heterocycles. The van der Waals surface area contributed by atoms with Crippen molar-refractivity contribution in [3.05, 3.63) is 94.0 Å². The number of nitrogens with one attached hydrogen (secondary N) is 1. The Labute approximate surface area is 174 Å². The average molecular weight is 438 g/mol. The second-order valence-electron chi connectivity index (χ2n) is 7.34. The summed E-state index contributed by atoms with van der Waals surface area (Å²) < 4.78 is 6.50. The van der Waals surface area contributed by atoms with Gasteiger partial charge in [-0.3, -0.25) is 4.79 Å². The maximum Gasteiger partial charge on any atom is 0.262 e. The summed E-state index contributed by atoms with van der Waals surface area (Å²) in [5, 5.41) is 2.85. The first-order valence-corrected chi connectivity index (χ1v) is 10.0. The highest BCUT2D eigenvalue weighted by atomic mass is 79.9. The molecule has 3 nitrogen and oxygen atoms in total. The SMILES string of the molecule is Cc1ccc(NC(=O)COc2ccc(C(C)(C)c3ccccc3)cc2)c(Br)c1. The summed E-state index contributed by atoms with van der Waals surface area (Å²) in [7, 11) is 0. The van der Waals surface area contributed by atoms with Gasteiger partial charge in [0.2, 0.25) is 0 Å². The van der Waals surface area contributed by atoms with E-state index in [2.05, 4.69) is 71.5 Å². The van der Waals surface area contributed by atoms with E-state index in [1.807, 2.05) is 43.3 Å². The van der Waals surface area contributed by atoms with Crippen LogP contribution in [-0.4, -0.2) is 12.5 Å². The summed E-state index contributed by atoms with van der Waals surface area (Å²) in [6.07, 6.45) is 0. The van der Waals surface area contributed by atoms with Crippen LogP contribution in [0.1, 0.15) is 30.5 Å². The molecule has 1 amide bonds. The Morgan fingerprint density at radius 3 is 2.25 bits per heavy atom. The van der Waals surface area contributed by atoms with Crippen LogP contribution in [0.2, 0.25) is 0 Å². The van der Waals surface area contributed by atoms with Crippen molar-refractivity contribution in [2.24, 2.45) is 0 Å². The Morgan fingerprint density at radius 2 is 1.61 bits per heavy atom. The van der Waals surface area contributed by atoms with Gasteiger partial charge in [-0.25, -0.2) is 0 Å². The van der Waals surface area contributed by atoms with Gasteiger partial charge in [0.05, 0.1) is 5.69 Å². The molecule has 3 rings (SSSR count). The van der Waals surface area contributed by atoms with Crippen molar-refractivity contribution in [2.75, 3.05) is 11.9 Å². The Hall–Kier alpha value is -2.59. The van der Waals surface area contributed by atoms with Crippen molar-refractivity contribution in [3.8, 4) is 5.75 Å². The van der Waals surface area contributed by atoms with E-state index in [1.165, 1.54) is 11.1 Å². The number of ether oxygens (including phenoxy) is 1. The molecule has 0 aliphatic carbocycles. The predicted octanol–water partition coefficient (Wildman–Crippen LogP) is 6.10. The number of hydrogen-bond donors (Lipinski definition) is 1. The number of benzene rings is 3. The van der Waals surface area contributed by atoms with Crippen molar-refractivity contribution in [3.63, 3.8) is 0 Å². The lowest BCUT2D eigenvalue weighted by molar-refractivity contribution is -0.118. The van der Waals surface area contributed by atoms with Gasteiger partial charge in [0.1, 0.15) is 5.75 Å². The summed E-state index contributed by atoms with van der Waals surface area (Å²) in [5.74, 6) is 0.476. The Kier molecular flexibility index (Phi) is 6.20. The monoisotopic (exact) mass is 437 g/mol. The van der Waals surface area contributed by atoms with Crippen molar-refractivity contribution < 1.29 is 9.53 Å². The van der Waals surface area contributed by atoms with E-state index in [0.29, 0.717) is 5.75 Å². The van der Waals surface area contributed by atoms with Crippen molar-refractivity contribution >= 4 is 27.5 Å². The summed E-state index contributed by atoms with van der Waals surface area (Å²) in [4.78, 5) is 12.2. The number of hydrogen-bond acceptors (Lipinski definition) is 2. The summed E-state index contributed by atoms with van der Waals surface area (Å²) in [6.45, 7) is 6.36. The zero-order valence-electron chi connectivity index (χ0n) is 16.3. The number of carbonyl (C=O) groups excluding carboxylic acids is 1. The first-order valence-electron chi connectivity index (χ1n) is 9.21. The summed E-state index contributed by atoms with van der Waals surface area (Å²) in [6, 6.07) is 24.1. The lowest BCUT2D eigenvalue weighted by Crippen LogP contribution is -2.21. The third-order valence-electron chi connectivity index (χ3n) is 4.84. The van der Waals surface area contributed by atoms with E-state index in [1.54, 1.807) is 0 Å². The van der Waals surface area contributed by atoms with Crippen molar-refractivity contribution in [2.45, 2.75) is 26.2 Å². The van der Waals surface area contributed by atoms with Crippen LogP contribution in [0.3, 0.4) is 0 Å². The molecule has 0 saturated carbocycles. The molecule has 0 radical (unpaired) electrons. The van der Waals surface area contributed by atoms with Crippen LogP contribution < -0.4 is 10.1 Å². The highest BCUT2D eigenvalue weighted by Crippen LogP contribution is 2.32. The molecular formula is C24H24BrNO2. The molecule has 144 valence electrons. The number of halogens is 1. The molecule has 0 fully saturated rings. The van der Waals surface area contributed by atoms with Gasteiger partial charge < -0.3 is 10.1 Å². The van der Waals surface area contributed by atoms with Crippen LogP contribution in [0.15, 0.2) is 77.3 Å². The first kappa shape index (κ1) is 20.2. The molecule has 0 spiro atoms. The fraction of sp³-hybridized carbons (Fsp3) is 0.208. The van der Waals surface area contributed by atoms with E-state index in [9.17, 15) is 4.79 Å². The highest BCUT2D eigenvalue weighted by molar-refractivity contribution is 9.10. The molecular weight excluding hydrogens is 414 g/mol. The minimum Gasteiger partial charge on any atom is -0.484 e. The zero-order chi connectivity index (χ0) is 20.1. The normalized spacial score (nSPS) is 11.1. The number of anilines is 1. The van der Waals surface area contributed by atoms with Crippen LogP contribution in [0.5, 0.6) is 5.75 Å². The minimum atomic E-state index is -0.196. The molecule has 0 aromatic heterocycles. The molecule has 1 N–H and O–H groups in total. The smallest absolute Gasteiger partial charge is 0.262 e. The second-order valence-corrected chi connectivity index (χ2v) is 8.19. The van der Waals surface area contributed by atoms with Gasteiger partial charge in [0, 0.05) is 9.89 Å². The molecule has 0 bridgehead atoms. The lowest BCUT2D eigenvalue weighted by atomic mass is 9.78. The molecule has 0 atom stereocenters. The maximum atomic E-state index is 12.2. The molecule has 3 aromatic carbocycles. The van der Waals surface area contributed by atoms with E-state index in [4.69, 9.17) is 4.74 Å². The van der Waals surface area contributed by atoms with Crippen LogP contribution in [0.4, 0.5) is 5.69 Å². The predicted molar refractivity (Wildman–Crippen MR) is 118 cm³/mol. The van der Waals surface area contributed by atoms with Gasteiger partial charge in [-0.2, -0.15) is 0 Å². The minimum absolute atomic E-state index is 0.0399. The van der Waals surface area contributed by atoms with E-state index >= 15 is 0 Å². The largest absolute Gasteiger partial charge is 0.484 e. The van der Waals surface area contributed by atoms with Crippen LogP contribution in [0.25, 0.3) is 0 Å². The third kappa shape index (κ3) is 4.82. The maximum absolute atomic E-state index is 12.2. The van der Waals surface area contributed by atoms with Crippen LogP contribution in [0, 0.1) is 6.92 Å². The summed E-state index contributed by atoms with van der Waals surface area (Å²) in [5.41, 5.74) is 4.21. The zero-order valence-corrected chi connectivity index (χ0v) is 17.9. The van der Waals surface area contributed by atoms with E-state index < -0.39 is 0 Å². The molecule has 0 unspecified atom stereocenters. The first-order chi connectivity index (χ1) is 13.4. The Balaban J connectivity index is 1.61. The second kappa shape index (κ2) is 8.61. The Bertz CT molecular complexity index is 950. The standard InChI is InChI=1S/C24H24BrNO2/c1-17-9-14-22(21(25)15-17)26-23(27)16-28-20-12-10-19(11-13-20)24(2,3)18-7-5-4-6-8-18/h4-15H,16H2,1-3H3,(H,26,27). The fourth-order valence-electron chi connectivity index (χ4n) is 3.05. The molecule has 4 heteroatoms. The topological polar surface area (TPSA) is 38.3 Å². The van der Waals surface area contributed by atoms with Gasteiger partial charge in [0.15, 0.2) is 6.61 Å². The molecule has 0 aliphatic heterocycles. The Morgan fingerprint density at radius 1 is 0.964 bits per heavy atom. The summed E-state index contributed by atoms with van der Waals surface area (Å²) >= 11 is 3.46. The van der Waals surface area contributed by atoms with E-state index in [-0.39, 0.29) is 17.9 Å². The van der Waals surface area contributed by atoms with Gasteiger partial charge in [-0.1, -0.05) is 62.4 Å². The fourth-order valence-corrected chi connectivity index (χ4v) is 3.64. The van der Waals surface area contributed by atoms with Gasteiger partial charge in [-0.05, 0) is 63.8 Å². The quantitative estimate of drug-likeness (QED) is 0.505. The van der Waals surface area contributed by atoms with Gasteiger partial charge >= 0.3 is 0 Å². The number of amides is 1. The van der Waals surface area contributed by atoms with Crippen molar-refractivity contribution in [1.29, 1.82) is 0 Å². The number of rotatable bonds is 6. The third-order valence-corrected chi connectivity index (χ3v) is 5.50. The van der Waals surface area contributed by atoms with E-state index in [0.717, 1.165) is 15.7 Å². The molecule has 28 heavy (non-hydrogen) atoms. The van der Waals surface area contributed by atoms with Crippen molar-refractivity contribution in [1.82, 2.24) is 0 Å². The van der Waals surface area contributed by atoms with Crippen LogP contribution in [-0.2, 0) is 10.2 Å². The van der Waals surface area contributed by atoms with Gasteiger partial charge in [-0.15, -0.1) is 0 Å². The molecule has 3 aromatic rings. The number of carbonyl (C=O) groups is 1. The number of aryl methyl sites for hydroxylation is 1. The lowest BCUT2D eigenvalue weighted by Gasteiger charge is -2.26. The highest BCUT2D eigenvalue weighted by Gasteiger charge is 2.22. The molecule has 0 saturated heterocycles. The van der Waals surface area contributed by atoms with Gasteiger partial charge in [0.25, 0.3) is 5.91 Å². The average Bonchev–Trinajstić information content (AvgIpc) is 2.69. The molecule has 0 aliphatic rings.